The van der Waals surface area contributed by atoms with Gasteiger partial charge >= 0.3 is 0 Å². The number of fused-ring (bicyclic) bond motifs is 1. The van der Waals surface area contributed by atoms with E-state index in [4.69, 9.17) is 0 Å². The topological polar surface area (TPSA) is 53.2 Å². The highest BCUT2D eigenvalue weighted by molar-refractivity contribution is 9.10. The lowest BCUT2D eigenvalue weighted by molar-refractivity contribution is 0.0787. The van der Waals surface area contributed by atoms with E-state index in [0.717, 1.165) is 16.5 Å². The Morgan fingerprint density at radius 3 is 2.90 bits per heavy atom. The third-order valence-electron chi connectivity index (χ3n) is 3.65. The number of pyridine rings is 1. The van der Waals surface area contributed by atoms with Gasteiger partial charge in [0.25, 0.3) is 5.91 Å². The summed E-state index contributed by atoms with van der Waals surface area (Å²) in [4.78, 5) is 29.5. The minimum absolute atomic E-state index is 0.207. The first-order valence-electron chi connectivity index (χ1n) is 6.62. The van der Waals surface area contributed by atoms with Crippen molar-refractivity contribution in [3.63, 3.8) is 0 Å². The SMILES string of the molecule is CN(CC1CC1)C(=O)c1c[nH]c2ccc(Br)cc2c1=O. The summed E-state index contributed by atoms with van der Waals surface area (Å²) >= 11 is 3.35. The molecule has 1 aromatic carbocycles. The molecule has 0 saturated heterocycles. The molecule has 1 aliphatic rings. The van der Waals surface area contributed by atoms with Crippen molar-refractivity contribution in [2.75, 3.05) is 13.6 Å². The Morgan fingerprint density at radius 2 is 2.20 bits per heavy atom. The van der Waals surface area contributed by atoms with E-state index in [1.807, 2.05) is 12.1 Å². The van der Waals surface area contributed by atoms with Crippen LogP contribution < -0.4 is 5.43 Å². The van der Waals surface area contributed by atoms with Crippen molar-refractivity contribution in [3.8, 4) is 0 Å². The molecular weight excluding hydrogens is 320 g/mol. The highest BCUT2D eigenvalue weighted by Crippen LogP contribution is 2.29. The van der Waals surface area contributed by atoms with Crippen molar-refractivity contribution in [2.24, 2.45) is 5.92 Å². The third-order valence-corrected chi connectivity index (χ3v) is 4.14. The number of carbonyl (C=O) groups excluding carboxylic acids is 1. The zero-order chi connectivity index (χ0) is 14.3. The lowest BCUT2D eigenvalue weighted by Crippen LogP contribution is -2.32. The third kappa shape index (κ3) is 2.50. The Bertz CT molecular complexity index is 734. The van der Waals surface area contributed by atoms with E-state index < -0.39 is 0 Å². The second-order valence-electron chi connectivity index (χ2n) is 5.35. The summed E-state index contributed by atoms with van der Waals surface area (Å²) in [5, 5.41) is 0.532. The first-order valence-corrected chi connectivity index (χ1v) is 7.42. The lowest BCUT2D eigenvalue weighted by Gasteiger charge is -2.16. The van der Waals surface area contributed by atoms with E-state index in [-0.39, 0.29) is 16.9 Å². The molecule has 5 heteroatoms. The van der Waals surface area contributed by atoms with Crippen LogP contribution in [0.5, 0.6) is 0 Å². The zero-order valence-corrected chi connectivity index (χ0v) is 12.7. The molecule has 2 aromatic rings. The molecule has 1 amide bonds. The molecule has 1 N–H and O–H groups in total. The Hall–Kier alpha value is -1.62. The van der Waals surface area contributed by atoms with Gasteiger partial charge in [-0.05, 0) is 37.0 Å². The maximum absolute atomic E-state index is 12.4. The number of amides is 1. The smallest absolute Gasteiger partial charge is 0.259 e. The van der Waals surface area contributed by atoms with Gasteiger partial charge in [-0.15, -0.1) is 0 Å². The van der Waals surface area contributed by atoms with Crippen molar-refractivity contribution in [1.29, 1.82) is 0 Å². The van der Waals surface area contributed by atoms with Gasteiger partial charge in [-0.2, -0.15) is 0 Å². The summed E-state index contributed by atoms with van der Waals surface area (Å²) in [5.41, 5.74) is 0.728. The molecule has 20 heavy (non-hydrogen) atoms. The average molecular weight is 335 g/mol. The molecule has 0 atom stereocenters. The Morgan fingerprint density at radius 1 is 1.45 bits per heavy atom. The molecule has 0 radical (unpaired) electrons. The van der Waals surface area contributed by atoms with E-state index in [1.165, 1.54) is 19.0 Å². The number of nitrogens with one attached hydrogen (secondary N) is 1. The number of H-pyrrole nitrogens is 1. The molecule has 1 saturated carbocycles. The van der Waals surface area contributed by atoms with Crippen LogP contribution in [0.4, 0.5) is 0 Å². The van der Waals surface area contributed by atoms with Crippen LogP contribution in [0.2, 0.25) is 0 Å². The molecule has 1 fully saturated rings. The predicted molar refractivity (Wildman–Crippen MR) is 82.0 cm³/mol. The maximum Gasteiger partial charge on any atom is 0.259 e. The van der Waals surface area contributed by atoms with E-state index in [9.17, 15) is 9.59 Å². The molecule has 1 aromatic heterocycles. The molecule has 4 nitrogen and oxygen atoms in total. The highest BCUT2D eigenvalue weighted by Gasteiger charge is 2.26. The number of aromatic amines is 1. The van der Waals surface area contributed by atoms with Crippen molar-refractivity contribution in [1.82, 2.24) is 9.88 Å². The van der Waals surface area contributed by atoms with Gasteiger partial charge in [0.15, 0.2) is 0 Å². The summed E-state index contributed by atoms with van der Waals surface area (Å²) in [6.45, 7) is 0.731. The Labute approximate surface area is 124 Å². The van der Waals surface area contributed by atoms with Crippen LogP contribution in [0.1, 0.15) is 23.2 Å². The second kappa shape index (κ2) is 5.05. The summed E-state index contributed by atoms with van der Waals surface area (Å²) < 4.78 is 0.825. The van der Waals surface area contributed by atoms with Crippen LogP contribution in [0.15, 0.2) is 33.7 Å². The molecule has 104 valence electrons. The van der Waals surface area contributed by atoms with E-state index >= 15 is 0 Å². The number of carbonyl (C=O) groups is 1. The van der Waals surface area contributed by atoms with Gasteiger partial charge < -0.3 is 9.88 Å². The van der Waals surface area contributed by atoms with Gasteiger partial charge in [-0.25, -0.2) is 0 Å². The molecule has 3 rings (SSSR count). The monoisotopic (exact) mass is 334 g/mol. The zero-order valence-electron chi connectivity index (χ0n) is 11.1. The largest absolute Gasteiger partial charge is 0.360 e. The first kappa shape index (κ1) is 13.4. The molecule has 0 spiro atoms. The van der Waals surface area contributed by atoms with Crippen molar-refractivity contribution in [2.45, 2.75) is 12.8 Å². The summed E-state index contributed by atoms with van der Waals surface area (Å²) in [5.74, 6) is 0.401. The predicted octanol–water partition coefficient (Wildman–Crippen LogP) is 2.77. The average Bonchev–Trinajstić information content (AvgIpc) is 3.23. The van der Waals surface area contributed by atoms with Crippen LogP contribution in [0.25, 0.3) is 10.9 Å². The fourth-order valence-electron chi connectivity index (χ4n) is 2.33. The number of hydrogen-bond acceptors (Lipinski definition) is 2. The van der Waals surface area contributed by atoms with Gasteiger partial charge in [0.05, 0.1) is 0 Å². The first-order chi connectivity index (χ1) is 9.56. The molecule has 0 unspecified atom stereocenters. The summed E-state index contributed by atoms with van der Waals surface area (Å²) in [6, 6.07) is 5.42. The molecule has 1 aliphatic carbocycles. The van der Waals surface area contributed by atoms with Crippen LogP contribution in [-0.2, 0) is 0 Å². The van der Waals surface area contributed by atoms with Gasteiger partial charge in [-0.3, -0.25) is 9.59 Å². The van der Waals surface area contributed by atoms with Crippen LogP contribution in [0, 0.1) is 5.92 Å². The number of hydrogen-bond donors (Lipinski definition) is 1. The number of benzene rings is 1. The standard InChI is InChI=1S/C15H15BrN2O2/c1-18(8-9-2-3-9)15(20)12-7-17-13-5-4-10(16)6-11(13)14(12)19/h4-7,9H,2-3,8H2,1H3,(H,17,19). The highest BCUT2D eigenvalue weighted by atomic mass is 79.9. The lowest BCUT2D eigenvalue weighted by atomic mass is 10.1. The number of aromatic nitrogens is 1. The summed E-state index contributed by atoms with van der Waals surface area (Å²) in [6.07, 6.45) is 3.88. The van der Waals surface area contributed by atoms with E-state index in [1.54, 1.807) is 18.0 Å². The number of halogens is 1. The van der Waals surface area contributed by atoms with Gasteiger partial charge in [0.2, 0.25) is 5.43 Å². The van der Waals surface area contributed by atoms with Crippen molar-refractivity contribution in [3.05, 3.63) is 44.7 Å². The fraction of sp³-hybridized carbons (Fsp3) is 0.333. The number of rotatable bonds is 3. The fourth-order valence-corrected chi connectivity index (χ4v) is 2.69. The van der Waals surface area contributed by atoms with Crippen molar-refractivity contribution < 1.29 is 4.79 Å². The van der Waals surface area contributed by atoms with Crippen molar-refractivity contribution >= 4 is 32.7 Å². The van der Waals surface area contributed by atoms with E-state index in [2.05, 4.69) is 20.9 Å². The second-order valence-corrected chi connectivity index (χ2v) is 6.27. The molecule has 0 aliphatic heterocycles. The van der Waals surface area contributed by atoms with Gasteiger partial charge in [0.1, 0.15) is 5.56 Å². The Kier molecular flexibility index (Phi) is 3.38. The number of nitrogens with zero attached hydrogens (tertiary/aromatic N) is 1. The maximum atomic E-state index is 12.4. The normalized spacial score (nSPS) is 14.5. The quantitative estimate of drug-likeness (QED) is 0.938. The van der Waals surface area contributed by atoms with Crippen LogP contribution >= 0.6 is 15.9 Å². The van der Waals surface area contributed by atoms with Gasteiger partial charge in [-0.1, -0.05) is 15.9 Å². The van der Waals surface area contributed by atoms with Gasteiger partial charge in [0, 0.05) is 35.2 Å². The molecular formula is C15H15BrN2O2. The van der Waals surface area contributed by atoms with Crippen LogP contribution in [-0.4, -0.2) is 29.4 Å². The molecule has 1 heterocycles. The van der Waals surface area contributed by atoms with E-state index in [0.29, 0.717) is 11.3 Å². The molecule has 0 bridgehead atoms. The minimum Gasteiger partial charge on any atom is -0.360 e. The minimum atomic E-state index is -0.215. The summed E-state index contributed by atoms with van der Waals surface area (Å²) in [7, 11) is 1.76. The van der Waals surface area contributed by atoms with Crippen LogP contribution in [0.3, 0.4) is 0 Å². The Balaban J connectivity index is 2.00.